The first-order valence-electron chi connectivity index (χ1n) is 7.43. The quantitative estimate of drug-likeness (QED) is 0.755. The van der Waals surface area contributed by atoms with Gasteiger partial charge in [0.25, 0.3) is 5.91 Å². The minimum Gasteiger partial charge on any atom is -0.476 e. The second-order valence-corrected chi connectivity index (χ2v) is 6.13. The van der Waals surface area contributed by atoms with Crippen molar-refractivity contribution in [1.29, 1.82) is 0 Å². The van der Waals surface area contributed by atoms with Gasteiger partial charge in [-0.05, 0) is 38.5 Å². The molecule has 0 bridgehead atoms. The van der Waals surface area contributed by atoms with Crippen LogP contribution in [0.1, 0.15) is 28.0 Å². The summed E-state index contributed by atoms with van der Waals surface area (Å²) < 4.78 is 5.43. The second-order valence-electron chi connectivity index (χ2n) is 5.14. The normalized spacial score (nSPS) is 10.8. The van der Waals surface area contributed by atoms with Crippen molar-refractivity contribution in [3.8, 4) is 5.88 Å². The fourth-order valence-corrected chi connectivity index (χ4v) is 3.54. The molecule has 0 atom stereocenters. The first-order chi connectivity index (χ1) is 11.5. The summed E-state index contributed by atoms with van der Waals surface area (Å²) in [5.41, 5.74) is 7.28. The molecule has 8 heteroatoms. The third-order valence-corrected chi connectivity index (χ3v) is 4.62. The van der Waals surface area contributed by atoms with Crippen LogP contribution in [0.25, 0.3) is 10.2 Å². The van der Waals surface area contributed by atoms with Gasteiger partial charge in [0.2, 0.25) is 5.88 Å². The molecule has 0 aliphatic heterocycles. The van der Waals surface area contributed by atoms with Crippen LogP contribution in [0.15, 0.2) is 18.3 Å². The van der Waals surface area contributed by atoms with Crippen molar-refractivity contribution >= 4 is 39.0 Å². The highest BCUT2D eigenvalue weighted by Crippen LogP contribution is 2.33. The van der Waals surface area contributed by atoms with Crippen molar-refractivity contribution in [2.75, 3.05) is 17.7 Å². The standard InChI is InChI=1S/C16H17N5O2S/c1-4-23-15-10(6-5-7-18-15)21-14(22)12-8(2)11-13(17)19-9(3)20-16(11)24-12/h5-7H,4H2,1-3H3,(H,21,22)(H2,17,19,20). The lowest BCUT2D eigenvalue weighted by molar-refractivity contribution is 0.102. The van der Waals surface area contributed by atoms with Gasteiger partial charge in [-0.3, -0.25) is 4.79 Å². The summed E-state index contributed by atoms with van der Waals surface area (Å²) in [7, 11) is 0. The van der Waals surface area contributed by atoms with Gasteiger partial charge in [-0.2, -0.15) is 0 Å². The smallest absolute Gasteiger partial charge is 0.266 e. The molecule has 3 N–H and O–H groups in total. The van der Waals surface area contributed by atoms with E-state index < -0.39 is 0 Å². The third-order valence-electron chi connectivity index (χ3n) is 3.44. The SMILES string of the molecule is CCOc1ncccc1NC(=O)c1sc2nc(C)nc(N)c2c1C. The summed E-state index contributed by atoms with van der Waals surface area (Å²) in [4.78, 5) is 26.6. The summed E-state index contributed by atoms with van der Waals surface area (Å²) in [5.74, 6) is 1.12. The molecule has 0 aliphatic rings. The molecule has 3 heterocycles. The molecule has 0 fully saturated rings. The van der Waals surface area contributed by atoms with Crippen LogP contribution >= 0.6 is 11.3 Å². The number of hydrogen-bond donors (Lipinski definition) is 2. The maximum Gasteiger partial charge on any atom is 0.266 e. The Hall–Kier alpha value is -2.74. The summed E-state index contributed by atoms with van der Waals surface area (Å²) in [6.45, 7) is 5.94. The van der Waals surface area contributed by atoms with E-state index >= 15 is 0 Å². The van der Waals surface area contributed by atoms with Crippen LogP contribution in [0.4, 0.5) is 11.5 Å². The third kappa shape index (κ3) is 2.88. The highest BCUT2D eigenvalue weighted by molar-refractivity contribution is 7.20. The highest BCUT2D eigenvalue weighted by atomic mass is 32.1. The molecule has 124 valence electrons. The molecule has 0 aliphatic carbocycles. The van der Waals surface area contributed by atoms with Crippen molar-refractivity contribution in [1.82, 2.24) is 15.0 Å². The summed E-state index contributed by atoms with van der Waals surface area (Å²) in [5, 5.41) is 3.57. The minimum absolute atomic E-state index is 0.249. The Bertz CT molecular complexity index is 922. The number of carbonyl (C=O) groups excluding carboxylic acids is 1. The Morgan fingerprint density at radius 2 is 2.17 bits per heavy atom. The number of nitrogen functional groups attached to an aromatic ring is 1. The molecule has 0 saturated heterocycles. The van der Waals surface area contributed by atoms with E-state index in [-0.39, 0.29) is 5.91 Å². The van der Waals surface area contributed by atoms with Crippen molar-refractivity contribution in [3.05, 3.63) is 34.6 Å². The topological polar surface area (TPSA) is 103 Å². The number of amides is 1. The number of thiophene rings is 1. The number of pyridine rings is 1. The monoisotopic (exact) mass is 343 g/mol. The first kappa shape index (κ1) is 16.1. The molecule has 0 spiro atoms. The Morgan fingerprint density at radius 1 is 1.38 bits per heavy atom. The van der Waals surface area contributed by atoms with E-state index in [1.54, 1.807) is 25.3 Å². The molecular weight excluding hydrogens is 326 g/mol. The van der Waals surface area contributed by atoms with E-state index in [1.807, 2.05) is 13.8 Å². The van der Waals surface area contributed by atoms with Gasteiger partial charge in [-0.1, -0.05) is 0 Å². The van der Waals surface area contributed by atoms with Gasteiger partial charge >= 0.3 is 0 Å². The summed E-state index contributed by atoms with van der Waals surface area (Å²) in [6, 6.07) is 3.49. The fraction of sp³-hybridized carbons (Fsp3) is 0.250. The Morgan fingerprint density at radius 3 is 2.92 bits per heavy atom. The number of hydrogen-bond acceptors (Lipinski definition) is 7. The van der Waals surface area contributed by atoms with Crippen LogP contribution in [-0.2, 0) is 0 Å². The molecule has 0 unspecified atom stereocenters. The molecule has 0 saturated carbocycles. The van der Waals surface area contributed by atoms with Gasteiger partial charge < -0.3 is 15.8 Å². The molecule has 7 nitrogen and oxygen atoms in total. The maximum absolute atomic E-state index is 12.7. The van der Waals surface area contributed by atoms with E-state index in [4.69, 9.17) is 10.5 Å². The second kappa shape index (κ2) is 6.40. The minimum atomic E-state index is -0.249. The molecule has 3 aromatic rings. The van der Waals surface area contributed by atoms with E-state index in [0.717, 1.165) is 10.9 Å². The van der Waals surface area contributed by atoms with Gasteiger partial charge in [0.05, 0.1) is 16.9 Å². The number of aryl methyl sites for hydroxylation is 2. The first-order valence-corrected chi connectivity index (χ1v) is 8.25. The number of nitrogens with two attached hydrogens (primary N) is 1. The van der Waals surface area contributed by atoms with Gasteiger partial charge in [0.15, 0.2) is 0 Å². The lowest BCUT2D eigenvalue weighted by atomic mass is 10.2. The van der Waals surface area contributed by atoms with Crippen molar-refractivity contribution in [2.45, 2.75) is 20.8 Å². The number of carbonyl (C=O) groups is 1. The number of anilines is 2. The molecular formula is C16H17N5O2S. The fourth-order valence-electron chi connectivity index (χ4n) is 2.41. The van der Waals surface area contributed by atoms with Crippen LogP contribution in [0.2, 0.25) is 0 Å². The zero-order valence-electron chi connectivity index (χ0n) is 13.6. The van der Waals surface area contributed by atoms with Crippen molar-refractivity contribution < 1.29 is 9.53 Å². The zero-order chi connectivity index (χ0) is 17.3. The Kier molecular flexibility index (Phi) is 4.30. The maximum atomic E-state index is 12.7. The predicted octanol–water partition coefficient (Wildman–Crippen LogP) is 2.94. The molecule has 24 heavy (non-hydrogen) atoms. The number of ether oxygens (including phenoxy) is 1. The van der Waals surface area contributed by atoms with Gasteiger partial charge in [-0.25, -0.2) is 15.0 Å². The predicted molar refractivity (Wildman–Crippen MR) is 94.7 cm³/mol. The number of aromatic nitrogens is 3. The van der Waals surface area contributed by atoms with Gasteiger partial charge in [-0.15, -0.1) is 11.3 Å². The van der Waals surface area contributed by atoms with E-state index in [0.29, 0.717) is 39.5 Å². The van der Waals surface area contributed by atoms with Crippen LogP contribution in [0, 0.1) is 13.8 Å². The average Bonchev–Trinajstić information content (AvgIpc) is 2.86. The zero-order valence-corrected chi connectivity index (χ0v) is 14.4. The lowest BCUT2D eigenvalue weighted by Gasteiger charge is -2.09. The average molecular weight is 343 g/mol. The van der Waals surface area contributed by atoms with E-state index in [1.165, 1.54) is 11.3 Å². The molecule has 1 amide bonds. The Labute approximate surface area is 142 Å². The van der Waals surface area contributed by atoms with Gasteiger partial charge in [0.1, 0.15) is 22.2 Å². The highest BCUT2D eigenvalue weighted by Gasteiger charge is 2.20. The number of fused-ring (bicyclic) bond motifs is 1. The molecule has 0 aromatic carbocycles. The largest absolute Gasteiger partial charge is 0.476 e. The van der Waals surface area contributed by atoms with E-state index in [2.05, 4.69) is 20.3 Å². The van der Waals surface area contributed by atoms with E-state index in [9.17, 15) is 4.79 Å². The number of nitrogens with zero attached hydrogens (tertiary/aromatic N) is 3. The molecule has 3 rings (SSSR count). The Balaban J connectivity index is 1.98. The van der Waals surface area contributed by atoms with Crippen LogP contribution < -0.4 is 15.8 Å². The van der Waals surface area contributed by atoms with Crippen LogP contribution in [0.3, 0.4) is 0 Å². The van der Waals surface area contributed by atoms with Gasteiger partial charge in [0, 0.05) is 6.20 Å². The number of rotatable bonds is 4. The lowest BCUT2D eigenvalue weighted by Crippen LogP contribution is -2.13. The van der Waals surface area contributed by atoms with Crippen molar-refractivity contribution in [3.63, 3.8) is 0 Å². The van der Waals surface area contributed by atoms with Crippen LogP contribution in [-0.4, -0.2) is 27.5 Å². The van der Waals surface area contributed by atoms with Crippen LogP contribution in [0.5, 0.6) is 5.88 Å². The van der Waals surface area contributed by atoms with Crippen molar-refractivity contribution in [2.24, 2.45) is 0 Å². The molecule has 0 radical (unpaired) electrons. The number of nitrogens with one attached hydrogen (secondary N) is 1. The summed E-state index contributed by atoms with van der Waals surface area (Å²) in [6.07, 6.45) is 1.62. The summed E-state index contributed by atoms with van der Waals surface area (Å²) >= 11 is 1.29. The molecule has 3 aromatic heterocycles.